The van der Waals surface area contributed by atoms with Crippen molar-refractivity contribution in [1.82, 2.24) is 15.5 Å². The standard InChI is InChI=1S/C13H27N3O3/c1-6-10(11(17)18)7-14-12(19)15-8-13(2,3)9-16(4)5/h10H,6-9H2,1-5H3,(H,17,18)(H2,14,15,19). The molecule has 2 amide bonds. The molecular formula is C13H27N3O3. The number of nitrogens with zero attached hydrogens (tertiary/aromatic N) is 1. The Hall–Kier alpha value is -1.30. The molecule has 0 aromatic carbocycles. The van der Waals surface area contributed by atoms with Gasteiger partial charge >= 0.3 is 12.0 Å². The molecule has 3 N–H and O–H groups in total. The van der Waals surface area contributed by atoms with E-state index in [2.05, 4.69) is 29.4 Å². The Balaban J connectivity index is 4.02. The number of carboxylic acids is 1. The van der Waals surface area contributed by atoms with Crippen LogP contribution in [0.4, 0.5) is 4.79 Å². The lowest BCUT2D eigenvalue weighted by Gasteiger charge is -2.28. The van der Waals surface area contributed by atoms with Gasteiger partial charge in [-0.05, 0) is 25.9 Å². The van der Waals surface area contributed by atoms with Gasteiger partial charge in [-0.2, -0.15) is 0 Å². The highest BCUT2D eigenvalue weighted by Gasteiger charge is 2.20. The lowest BCUT2D eigenvalue weighted by Crippen LogP contribution is -2.45. The number of carbonyl (C=O) groups excluding carboxylic acids is 1. The van der Waals surface area contributed by atoms with Crippen molar-refractivity contribution in [3.63, 3.8) is 0 Å². The van der Waals surface area contributed by atoms with Gasteiger partial charge in [0.15, 0.2) is 0 Å². The van der Waals surface area contributed by atoms with Gasteiger partial charge in [0.2, 0.25) is 0 Å². The quantitative estimate of drug-likeness (QED) is 0.616. The van der Waals surface area contributed by atoms with Crippen LogP contribution in [0.2, 0.25) is 0 Å². The van der Waals surface area contributed by atoms with E-state index < -0.39 is 11.9 Å². The molecule has 0 aliphatic rings. The third kappa shape index (κ3) is 8.42. The van der Waals surface area contributed by atoms with Gasteiger partial charge in [0.25, 0.3) is 0 Å². The lowest BCUT2D eigenvalue weighted by atomic mass is 9.93. The molecule has 112 valence electrons. The van der Waals surface area contributed by atoms with Crippen LogP contribution in [-0.2, 0) is 4.79 Å². The Bertz CT molecular complexity index is 304. The fourth-order valence-corrected chi connectivity index (χ4v) is 1.92. The van der Waals surface area contributed by atoms with Crippen LogP contribution in [0, 0.1) is 11.3 Å². The molecule has 6 nitrogen and oxygen atoms in total. The number of carboxylic acid groups (broad SMARTS) is 1. The second-order valence-electron chi connectivity index (χ2n) is 5.91. The maximum absolute atomic E-state index is 11.6. The number of rotatable bonds is 8. The van der Waals surface area contributed by atoms with Crippen LogP contribution in [-0.4, -0.2) is 55.7 Å². The first-order valence-corrected chi connectivity index (χ1v) is 6.57. The summed E-state index contributed by atoms with van der Waals surface area (Å²) >= 11 is 0. The van der Waals surface area contributed by atoms with Crippen LogP contribution in [0.5, 0.6) is 0 Å². The molecular weight excluding hydrogens is 246 g/mol. The van der Waals surface area contributed by atoms with Crippen molar-refractivity contribution in [3.8, 4) is 0 Å². The third-order valence-corrected chi connectivity index (χ3v) is 2.82. The largest absolute Gasteiger partial charge is 0.481 e. The summed E-state index contributed by atoms with van der Waals surface area (Å²) < 4.78 is 0. The van der Waals surface area contributed by atoms with E-state index in [1.165, 1.54) is 0 Å². The number of carbonyl (C=O) groups is 2. The minimum Gasteiger partial charge on any atom is -0.481 e. The van der Waals surface area contributed by atoms with Crippen molar-refractivity contribution in [2.24, 2.45) is 11.3 Å². The second kappa shape index (κ2) is 7.99. The van der Waals surface area contributed by atoms with Crippen LogP contribution < -0.4 is 10.6 Å². The first-order chi connectivity index (χ1) is 8.68. The number of hydrogen-bond donors (Lipinski definition) is 3. The Morgan fingerprint density at radius 3 is 2.26 bits per heavy atom. The average Bonchev–Trinajstić information content (AvgIpc) is 2.25. The maximum atomic E-state index is 11.6. The topological polar surface area (TPSA) is 81.7 Å². The smallest absolute Gasteiger partial charge is 0.314 e. The van der Waals surface area contributed by atoms with E-state index >= 15 is 0 Å². The normalized spacial score (nSPS) is 13.2. The van der Waals surface area contributed by atoms with Gasteiger partial charge < -0.3 is 20.6 Å². The number of aliphatic carboxylic acids is 1. The van der Waals surface area contributed by atoms with E-state index in [4.69, 9.17) is 5.11 Å². The summed E-state index contributed by atoms with van der Waals surface area (Å²) in [6.07, 6.45) is 0.502. The molecule has 1 unspecified atom stereocenters. The highest BCUT2D eigenvalue weighted by molar-refractivity contribution is 5.75. The zero-order chi connectivity index (χ0) is 15.1. The Morgan fingerprint density at radius 1 is 1.26 bits per heavy atom. The molecule has 0 rings (SSSR count). The van der Waals surface area contributed by atoms with Gasteiger partial charge in [-0.1, -0.05) is 20.8 Å². The number of amides is 2. The van der Waals surface area contributed by atoms with Crippen molar-refractivity contribution < 1.29 is 14.7 Å². The Morgan fingerprint density at radius 2 is 1.84 bits per heavy atom. The molecule has 0 saturated carbocycles. The number of nitrogens with one attached hydrogen (secondary N) is 2. The molecule has 19 heavy (non-hydrogen) atoms. The zero-order valence-corrected chi connectivity index (χ0v) is 12.6. The van der Waals surface area contributed by atoms with Crippen LogP contribution in [0.3, 0.4) is 0 Å². The summed E-state index contributed by atoms with van der Waals surface area (Å²) in [4.78, 5) is 24.5. The molecule has 1 atom stereocenters. The first-order valence-electron chi connectivity index (χ1n) is 6.57. The zero-order valence-electron chi connectivity index (χ0n) is 12.6. The van der Waals surface area contributed by atoms with Crippen molar-refractivity contribution in [2.45, 2.75) is 27.2 Å². The molecule has 0 fully saturated rings. The van der Waals surface area contributed by atoms with E-state index in [-0.39, 0.29) is 18.0 Å². The molecule has 0 heterocycles. The minimum absolute atomic E-state index is 0.0300. The highest BCUT2D eigenvalue weighted by atomic mass is 16.4. The molecule has 0 spiro atoms. The van der Waals surface area contributed by atoms with Gasteiger partial charge in [0.05, 0.1) is 5.92 Å². The van der Waals surface area contributed by atoms with E-state index in [1.54, 1.807) is 6.92 Å². The van der Waals surface area contributed by atoms with Gasteiger partial charge in [-0.3, -0.25) is 4.79 Å². The molecule has 0 aliphatic heterocycles. The SMILES string of the molecule is CCC(CNC(=O)NCC(C)(C)CN(C)C)C(=O)O. The van der Waals surface area contributed by atoms with Crippen molar-refractivity contribution in [2.75, 3.05) is 33.7 Å². The predicted octanol–water partition coefficient (Wildman–Crippen LogP) is 0.984. The number of hydrogen-bond acceptors (Lipinski definition) is 3. The molecule has 0 aromatic rings. The van der Waals surface area contributed by atoms with Crippen molar-refractivity contribution in [1.29, 1.82) is 0 Å². The monoisotopic (exact) mass is 273 g/mol. The van der Waals surface area contributed by atoms with Gasteiger partial charge in [0.1, 0.15) is 0 Å². The lowest BCUT2D eigenvalue weighted by molar-refractivity contribution is -0.141. The predicted molar refractivity (Wildman–Crippen MR) is 75.2 cm³/mol. The third-order valence-electron chi connectivity index (χ3n) is 2.82. The Kier molecular flexibility index (Phi) is 7.44. The molecule has 0 bridgehead atoms. The van der Waals surface area contributed by atoms with Crippen LogP contribution in [0.25, 0.3) is 0 Å². The van der Waals surface area contributed by atoms with E-state index in [0.29, 0.717) is 13.0 Å². The number of urea groups is 1. The fraction of sp³-hybridized carbons (Fsp3) is 0.846. The summed E-state index contributed by atoms with van der Waals surface area (Å²) in [6, 6.07) is -0.313. The van der Waals surface area contributed by atoms with Crippen LogP contribution in [0.15, 0.2) is 0 Å². The molecule has 0 aromatic heterocycles. The van der Waals surface area contributed by atoms with Gasteiger partial charge in [0, 0.05) is 19.6 Å². The van der Waals surface area contributed by atoms with Crippen LogP contribution in [0.1, 0.15) is 27.2 Å². The summed E-state index contributed by atoms with van der Waals surface area (Å²) in [6.45, 7) is 7.49. The molecule has 0 aliphatic carbocycles. The summed E-state index contributed by atoms with van der Waals surface area (Å²) in [5, 5.41) is 14.2. The summed E-state index contributed by atoms with van der Waals surface area (Å²) in [5.74, 6) is -1.41. The fourth-order valence-electron chi connectivity index (χ4n) is 1.92. The second-order valence-corrected chi connectivity index (χ2v) is 5.91. The maximum Gasteiger partial charge on any atom is 0.314 e. The van der Waals surface area contributed by atoms with Crippen LogP contribution >= 0.6 is 0 Å². The van der Waals surface area contributed by atoms with E-state index in [1.807, 2.05) is 14.1 Å². The van der Waals surface area contributed by atoms with E-state index in [0.717, 1.165) is 6.54 Å². The van der Waals surface area contributed by atoms with Gasteiger partial charge in [-0.25, -0.2) is 4.79 Å². The molecule has 6 heteroatoms. The molecule has 0 saturated heterocycles. The minimum atomic E-state index is -0.879. The summed E-state index contributed by atoms with van der Waals surface area (Å²) in [7, 11) is 3.97. The molecule has 0 radical (unpaired) electrons. The first kappa shape index (κ1) is 17.7. The summed E-state index contributed by atoms with van der Waals surface area (Å²) in [5.41, 5.74) is -0.0300. The Labute approximate surface area is 115 Å². The van der Waals surface area contributed by atoms with Gasteiger partial charge in [-0.15, -0.1) is 0 Å². The van der Waals surface area contributed by atoms with Crippen molar-refractivity contribution in [3.05, 3.63) is 0 Å². The highest BCUT2D eigenvalue weighted by Crippen LogP contribution is 2.13. The van der Waals surface area contributed by atoms with E-state index in [9.17, 15) is 9.59 Å². The van der Waals surface area contributed by atoms with Crippen molar-refractivity contribution >= 4 is 12.0 Å². The average molecular weight is 273 g/mol.